The Balaban J connectivity index is 0.966. The second-order valence-electron chi connectivity index (χ2n) is 17.6. The molecule has 1 aromatic heterocycles. The van der Waals surface area contributed by atoms with Gasteiger partial charge in [-0.1, -0.05) is 140 Å². The van der Waals surface area contributed by atoms with Crippen LogP contribution in [0.1, 0.15) is 44.1 Å². The molecule has 0 spiro atoms. The molecule has 0 unspecified atom stereocenters. The van der Waals surface area contributed by atoms with E-state index in [2.05, 4.69) is 198 Å². The Bertz CT molecular complexity index is 2940. The summed E-state index contributed by atoms with van der Waals surface area (Å²) in [6.45, 7) is 0. The van der Waals surface area contributed by atoms with E-state index in [4.69, 9.17) is 0 Å². The van der Waals surface area contributed by atoms with Gasteiger partial charge in [-0.25, -0.2) is 0 Å². The Hall–Kier alpha value is -6.38. The highest BCUT2D eigenvalue weighted by molar-refractivity contribution is 6.18. The molecule has 0 radical (unpaired) electrons. The SMILES string of the molecule is c1ccc(-c2ccc(N(c3ccc(-c4cccc(-n5c6ccccc6c6ccc7ccccc7c65)c4)cc3)c3ccccc3C34CC5CC(CC(C5)C3)C4)cc2)cc1. The summed E-state index contributed by atoms with van der Waals surface area (Å²) < 4.78 is 2.47. The van der Waals surface area contributed by atoms with E-state index in [1.54, 1.807) is 5.56 Å². The normalized spacial score (nSPS) is 20.9. The van der Waals surface area contributed by atoms with Gasteiger partial charge in [-0.15, -0.1) is 0 Å². The Morgan fingerprint density at radius 1 is 0.431 bits per heavy atom. The average Bonchev–Trinajstić information content (AvgIpc) is 3.62. The first-order valence-corrected chi connectivity index (χ1v) is 21.3. The van der Waals surface area contributed by atoms with Crippen molar-refractivity contribution in [3.63, 3.8) is 0 Å². The Kier molecular flexibility index (Phi) is 7.76. The summed E-state index contributed by atoms with van der Waals surface area (Å²) in [5.74, 6) is 2.65. The van der Waals surface area contributed by atoms with Gasteiger partial charge in [0.2, 0.25) is 0 Å². The summed E-state index contributed by atoms with van der Waals surface area (Å²) in [6.07, 6.45) is 8.36. The maximum atomic E-state index is 2.55. The summed E-state index contributed by atoms with van der Waals surface area (Å²) in [6, 6.07) is 70.0. The van der Waals surface area contributed by atoms with Crippen molar-refractivity contribution in [3.8, 4) is 27.9 Å². The van der Waals surface area contributed by atoms with E-state index in [0.717, 1.165) is 17.8 Å². The third kappa shape index (κ3) is 5.46. The third-order valence-corrected chi connectivity index (χ3v) is 14.1. The first kappa shape index (κ1) is 33.7. The Morgan fingerprint density at radius 2 is 1.00 bits per heavy atom. The lowest BCUT2D eigenvalue weighted by molar-refractivity contribution is -0.00491. The Labute approximate surface area is 341 Å². The van der Waals surface area contributed by atoms with Crippen LogP contribution in [0.15, 0.2) is 188 Å². The lowest BCUT2D eigenvalue weighted by atomic mass is 9.48. The van der Waals surface area contributed by atoms with Gasteiger partial charge in [-0.3, -0.25) is 0 Å². The highest BCUT2D eigenvalue weighted by atomic mass is 15.1. The molecule has 58 heavy (non-hydrogen) atoms. The van der Waals surface area contributed by atoms with Crippen molar-refractivity contribution < 1.29 is 0 Å². The zero-order valence-corrected chi connectivity index (χ0v) is 32.8. The van der Waals surface area contributed by atoms with Gasteiger partial charge in [0.25, 0.3) is 0 Å². The molecule has 4 fully saturated rings. The summed E-state index contributed by atoms with van der Waals surface area (Å²) >= 11 is 0. The molecule has 0 atom stereocenters. The van der Waals surface area contributed by atoms with Crippen molar-refractivity contribution in [2.45, 2.75) is 43.9 Å². The number of fused-ring (bicyclic) bond motifs is 5. The van der Waals surface area contributed by atoms with Crippen LogP contribution in [-0.2, 0) is 5.41 Å². The minimum Gasteiger partial charge on any atom is -0.310 e. The predicted octanol–water partition coefficient (Wildman–Crippen LogP) is 15.2. The smallest absolute Gasteiger partial charge is 0.0619 e. The van der Waals surface area contributed by atoms with E-state index in [0.29, 0.717) is 0 Å². The van der Waals surface area contributed by atoms with Crippen LogP contribution in [0.2, 0.25) is 0 Å². The highest BCUT2D eigenvalue weighted by Gasteiger charge is 2.52. The minimum absolute atomic E-state index is 0.270. The van der Waals surface area contributed by atoms with E-state index < -0.39 is 0 Å². The van der Waals surface area contributed by atoms with Crippen LogP contribution < -0.4 is 4.90 Å². The minimum atomic E-state index is 0.270. The standard InChI is InChI=1S/C56H46N2/c1-2-11-41(12-3-1)42-21-26-46(27-22-42)57(54-20-9-7-18-52(54)56-35-38-31-39(36-56)33-40(32-38)37-56)47-28-23-43(24-29-47)45-14-10-15-48(34-45)58-53-19-8-6-17-50(53)51-30-25-44-13-4-5-16-49(44)55(51)58/h1-30,34,38-40H,31-33,35-37H2. The predicted molar refractivity (Wildman–Crippen MR) is 244 cm³/mol. The van der Waals surface area contributed by atoms with Crippen LogP contribution in [0, 0.1) is 17.8 Å². The van der Waals surface area contributed by atoms with Crippen molar-refractivity contribution in [2.24, 2.45) is 17.8 Å². The molecule has 2 heteroatoms. The molecule has 4 aliphatic rings. The monoisotopic (exact) mass is 746 g/mol. The van der Waals surface area contributed by atoms with Crippen molar-refractivity contribution in [2.75, 3.05) is 4.90 Å². The maximum Gasteiger partial charge on any atom is 0.0619 e. The molecule has 0 N–H and O–H groups in total. The first-order chi connectivity index (χ1) is 28.7. The number of rotatable bonds is 7. The molecule has 4 saturated carbocycles. The van der Waals surface area contributed by atoms with Gasteiger partial charge in [-0.2, -0.15) is 0 Å². The molecule has 9 aromatic rings. The van der Waals surface area contributed by atoms with Gasteiger partial charge in [-0.05, 0) is 143 Å². The lowest BCUT2D eigenvalue weighted by Gasteiger charge is -2.57. The molecule has 4 bridgehead atoms. The van der Waals surface area contributed by atoms with Crippen LogP contribution in [0.3, 0.4) is 0 Å². The molecule has 8 aromatic carbocycles. The number of nitrogens with zero attached hydrogens (tertiary/aromatic N) is 2. The van der Waals surface area contributed by atoms with E-state index >= 15 is 0 Å². The molecule has 13 rings (SSSR count). The molecule has 4 aliphatic carbocycles. The second kappa shape index (κ2) is 13.4. The zero-order valence-electron chi connectivity index (χ0n) is 32.8. The number of para-hydroxylation sites is 2. The van der Waals surface area contributed by atoms with Crippen LogP contribution in [0.5, 0.6) is 0 Å². The van der Waals surface area contributed by atoms with Gasteiger partial charge in [0.05, 0.1) is 11.0 Å². The Morgan fingerprint density at radius 3 is 1.72 bits per heavy atom. The fraction of sp³-hybridized carbons (Fsp3) is 0.179. The number of aromatic nitrogens is 1. The fourth-order valence-electron chi connectivity index (χ4n) is 12.0. The second-order valence-corrected chi connectivity index (χ2v) is 17.6. The zero-order chi connectivity index (χ0) is 38.2. The molecule has 0 amide bonds. The molecule has 280 valence electrons. The quantitative estimate of drug-likeness (QED) is 0.158. The number of hydrogen-bond acceptors (Lipinski definition) is 1. The van der Waals surface area contributed by atoms with Gasteiger partial charge in [0, 0.05) is 38.9 Å². The number of benzene rings is 8. The van der Waals surface area contributed by atoms with Gasteiger partial charge >= 0.3 is 0 Å². The molecule has 0 aliphatic heterocycles. The molecule has 1 heterocycles. The average molecular weight is 747 g/mol. The van der Waals surface area contributed by atoms with E-state index in [-0.39, 0.29) is 5.41 Å². The van der Waals surface area contributed by atoms with Crippen molar-refractivity contribution in [1.82, 2.24) is 4.57 Å². The molecular formula is C56H46N2. The molecular weight excluding hydrogens is 701 g/mol. The van der Waals surface area contributed by atoms with Gasteiger partial charge in [0.1, 0.15) is 0 Å². The summed E-state index contributed by atoms with van der Waals surface area (Å²) in [5.41, 5.74) is 14.1. The maximum absolute atomic E-state index is 2.55. The van der Waals surface area contributed by atoms with E-state index in [1.807, 2.05) is 0 Å². The number of hydrogen-bond donors (Lipinski definition) is 0. The van der Waals surface area contributed by atoms with Crippen molar-refractivity contribution in [3.05, 3.63) is 194 Å². The summed E-state index contributed by atoms with van der Waals surface area (Å²) in [7, 11) is 0. The summed E-state index contributed by atoms with van der Waals surface area (Å²) in [4.78, 5) is 2.55. The molecule has 0 saturated heterocycles. The largest absolute Gasteiger partial charge is 0.310 e. The van der Waals surface area contributed by atoms with Gasteiger partial charge < -0.3 is 9.47 Å². The van der Waals surface area contributed by atoms with E-state index in [9.17, 15) is 0 Å². The van der Waals surface area contributed by atoms with Crippen LogP contribution in [-0.4, -0.2) is 4.57 Å². The van der Waals surface area contributed by atoms with Gasteiger partial charge in [0.15, 0.2) is 0 Å². The lowest BCUT2D eigenvalue weighted by Crippen LogP contribution is -2.48. The first-order valence-electron chi connectivity index (χ1n) is 21.3. The van der Waals surface area contributed by atoms with Crippen LogP contribution in [0.25, 0.3) is 60.5 Å². The topological polar surface area (TPSA) is 8.17 Å². The van der Waals surface area contributed by atoms with Crippen LogP contribution in [0.4, 0.5) is 17.1 Å². The third-order valence-electron chi connectivity index (χ3n) is 14.1. The fourth-order valence-corrected chi connectivity index (χ4v) is 12.0. The van der Waals surface area contributed by atoms with E-state index in [1.165, 1.54) is 116 Å². The van der Waals surface area contributed by atoms with Crippen molar-refractivity contribution in [1.29, 1.82) is 0 Å². The van der Waals surface area contributed by atoms with Crippen molar-refractivity contribution >= 4 is 49.6 Å². The summed E-state index contributed by atoms with van der Waals surface area (Å²) in [5, 5.41) is 5.10. The number of anilines is 3. The molecule has 2 nitrogen and oxygen atoms in total. The van der Waals surface area contributed by atoms with Crippen LogP contribution >= 0.6 is 0 Å². The highest BCUT2D eigenvalue weighted by Crippen LogP contribution is 2.62.